The molecule has 0 spiro atoms. The monoisotopic (exact) mass is 163 g/mol. The molecule has 0 radical (unpaired) electrons. The first-order valence-corrected chi connectivity index (χ1v) is 3.59. The van der Waals surface area contributed by atoms with Gasteiger partial charge in [0.05, 0.1) is 5.56 Å². The van der Waals surface area contributed by atoms with E-state index in [4.69, 9.17) is 0 Å². The third kappa shape index (κ3) is 2.20. The zero-order valence-electron chi connectivity index (χ0n) is 6.73. The molecule has 0 aliphatic heterocycles. The first-order chi connectivity index (χ1) is 5.84. The largest absolute Gasteiger partial charge is 0.365 e. The van der Waals surface area contributed by atoms with Crippen molar-refractivity contribution < 1.29 is 9.63 Å². The molecule has 0 amide bonds. The van der Waals surface area contributed by atoms with E-state index in [1.165, 1.54) is 6.21 Å². The molecule has 3 heteroatoms. The average Bonchev–Trinajstić information content (AvgIpc) is 2.15. The lowest BCUT2D eigenvalue weighted by atomic mass is 10.2. The molecule has 12 heavy (non-hydrogen) atoms. The van der Waals surface area contributed by atoms with Gasteiger partial charge in [-0.3, -0.25) is 0 Å². The fourth-order valence-corrected chi connectivity index (χ4v) is 0.728. The third-order valence-corrected chi connectivity index (χ3v) is 1.25. The van der Waals surface area contributed by atoms with Crippen LogP contribution in [0.5, 0.6) is 0 Å². The number of benzene rings is 1. The zero-order valence-corrected chi connectivity index (χ0v) is 6.73. The Bertz CT molecular complexity index is 280. The van der Waals surface area contributed by atoms with Crippen molar-refractivity contribution in [2.45, 2.75) is 6.92 Å². The molecular weight excluding hydrogens is 154 g/mol. The van der Waals surface area contributed by atoms with E-state index in [0.717, 1.165) is 0 Å². The molecule has 0 aromatic heterocycles. The molecule has 62 valence electrons. The maximum Gasteiger partial charge on any atom is 0.365 e. The molecule has 1 aromatic carbocycles. The lowest BCUT2D eigenvalue weighted by Crippen LogP contribution is -1.99. The van der Waals surface area contributed by atoms with Gasteiger partial charge in [0.25, 0.3) is 0 Å². The third-order valence-electron chi connectivity index (χ3n) is 1.25. The molecule has 3 nitrogen and oxygen atoms in total. The van der Waals surface area contributed by atoms with Gasteiger partial charge in [-0.15, -0.1) is 0 Å². The topological polar surface area (TPSA) is 38.7 Å². The predicted octanol–water partition coefficient (Wildman–Crippen LogP) is 1.85. The highest BCUT2D eigenvalue weighted by Gasteiger charge is 2.03. The second-order valence-corrected chi connectivity index (χ2v) is 2.11. The van der Waals surface area contributed by atoms with Crippen molar-refractivity contribution in [3.63, 3.8) is 0 Å². The Labute approximate surface area is 70.7 Å². The van der Waals surface area contributed by atoms with Gasteiger partial charge in [0.2, 0.25) is 0 Å². The van der Waals surface area contributed by atoms with E-state index in [1.54, 1.807) is 31.2 Å². The summed E-state index contributed by atoms with van der Waals surface area (Å²) in [6.45, 7) is 1.68. The number of hydrogen-bond acceptors (Lipinski definition) is 3. The normalized spacial score (nSPS) is 10.1. The SMILES string of the molecule is C/C=N/OC(=O)c1ccccc1. The average molecular weight is 163 g/mol. The summed E-state index contributed by atoms with van der Waals surface area (Å²) in [6.07, 6.45) is 1.42. The summed E-state index contributed by atoms with van der Waals surface area (Å²) in [5.41, 5.74) is 0.503. The van der Waals surface area contributed by atoms with Crippen LogP contribution >= 0.6 is 0 Å². The van der Waals surface area contributed by atoms with Gasteiger partial charge < -0.3 is 4.84 Å². The first-order valence-electron chi connectivity index (χ1n) is 3.59. The maximum absolute atomic E-state index is 11.1. The number of carbonyl (C=O) groups is 1. The van der Waals surface area contributed by atoms with Crippen LogP contribution in [0.2, 0.25) is 0 Å². The van der Waals surface area contributed by atoms with E-state index in [9.17, 15) is 4.79 Å². The van der Waals surface area contributed by atoms with Crippen molar-refractivity contribution in [2.24, 2.45) is 5.16 Å². The van der Waals surface area contributed by atoms with Crippen molar-refractivity contribution in [1.82, 2.24) is 0 Å². The summed E-state index contributed by atoms with van der Waals surface area (Å²) in [6, 6.07) is 8.72. The molecule has 0 saturated heterocycles. The number of oxime groups is 1. The van der Waals surface area contributed by atoms with E-state index in [-0.39, 0.29) is 0 Å². The van der Waals surface area contributed by atoms with Gasteiger partial charge in [0.15, 0.2) is 0 Å². The molecule has 0 unspecified atom stereocenters. The van der Waals surface area contributed by atoms with Crippen molar-refractivity contribution in [2.75, 3.05) is 0 Å². The van der Waals surface area contributed by atoms with Gasteiger partial charge in [-0.25, -0.2) is 4.79 Å². The van der Waals surface area contributed by atoms with E-state index in [0.29, 0.717) is 5.56 Å². The highest BCUT2D eigenvalue weighted by atomic mass is 16.7. The lowest BCUT2D eigenvalue weighted by Gasteiger charge is -1.95. The summed E-state index contributed by atoms with van der Waals surface area (Å²) in [5.74, 6) is -0.436. The molecule has 0 fully saturated rings. The summed E-state index contributed by atoms with van der Waals surface area (Å²) in [5, 5.41) is 3.37. The number of hydrogen-bond donors (Lipinski definition) is 0. The molecule has 0 aliphatic rings. The highest BCUT2D eigenvalue weighted by Crippen LogP contribution is 2.00. The summed E-state index contributed by atoms with van der Waals surface area (Å²) in [4.78, 5) is 15.6. The minimum atomic E-state index is -0.436. The Morgan fingerprint density at radius 2 is 2.08 bits per heavy atom. The molecule has 0 bridgehead atoms. The fourth-order valence-electron chi connectivity index (χ4n) is 0.728. The quantitative estimate of drug-likeness (QED) is 0.379. The Hall–Kier alpha value is -1.64. The first kappa shape index (κ1) is 8.46. The number of nitrogens with zero attached hydrogens (tertiary/aromatic N) is 1. The van der Waals surface area contributed by atoms with Gasteiger partial charge in [-0.1, -0.05) is 23.4 Å². The van der Waals surface area contributed by atoms with Crippen molar-refractivity contribution in [1.29, 1.82) is 0 Å². The van der Waals surface area contributed by atoms with E-state index >= 15 is 0 Å². The van der Waals surface area contributed by atoms with Gasteiger partial charge in [-0.05, 0) is 19.1 Å². The molecule has 1 rings (SSSR count). The molecule has 0 saturated carbocycles. The minimum absolute atomic E-state index is 0.436. The van der Waals surface area contributed by atoms with Crippen LogP contribution in [-0.2, 0) is 4.84 Å². The molecule has 0 heterocycles. The van der Waals surface area contributed by atoms with E-state index in [1.807, 2.05) is 6.07 Å². The highest BCUT2D eigenvalue weighted by molar-refractivity contribution is 5.89. The van der Waals surface area contributed by atoms with Gasteiger partial charge in [0, 0.05) is 6.21 Å². The van der Waals surface area contributed by atoms with Crippen LogP contribution in [0.15, 0.2) is 35.5 Å². The van der Waals surface area contributed by atoms with Crippen LogP contribution in [0, 0.1) is 0 Å². The Balaban J connectivity index is 2.66. The number of rotatable bonds is 2. The summed E-state index contributed by atoms with van der Waals surface area (Å²) >= 11 is 0. The molecule has 0 aliphatic carbocycles. The van der Waals surface area contributed by atoms with Crippen molar-refractivity contribution in [3.8, 4) is 0 Å². The molecule has 1 aromatic rings. The minimum Gasteiger partial charge on any atom is -0.313 e. The zero-order chi connectivity index (χ0) is 8.81. The van der Waals surface area contributed by atoms with Crippen LogP contribution in [0.3, 0.4) is 0 Å². The van der Waals surface area contributed by atoms with E-state index < -0.39 is 5.97 Å². The fraction of sp³-hybridized carbons (Fsp3) is 0.111. The van der Waals surface area contributed by atoms with E-state index in [2.05, 4.69) is 9.99 Å². The molecule has 0 atom stereocenters. The predicted molar refractivity (Wildman–Crippen MR) is 46.0 cm³/mol. The van der Waals surface area contributed by atoms with Crippen LogP contribution < -0.4 is 0 Å². The van der Waals surface area contributed by atoms with Crippen LogP contribution in [0.4, 0.5) is 0 Å². The second-order valence-electron chi connectivity index (χ2n) is 2.11. The Morgan fingerprint density at radius 3 is 2.67 bits per heavy atom. The Kier molecular flexibility index (Phi) is 3.02. The standard InChI is InChI=1S/C9H9NO2/c1-2-10-12-9(11)8-6-4-3-5-7-8/h2-7H,1H3/b10-2+. The van der Waals surface area contributed by atoms with Crippen LogP contribution in [-0.4, -0.2) is 12.2 Å². The molecular formula is C9H9NO2. The van der Waals surface area contributed by atoms with Gasteiger partial charge >= 0.3 is 5.97 Å². The number of carbonyl (C=O) groups excluding carboxylic acids is 1. The summed E-state index contributed by atoms with van der Waals surface area (Å²) < 4.78 is 0. The van der Waals surface area contributed by atoms with Crippen LogP contribution in [0.1, 0.15) is 17.3 Å². The van der Waals surface area contributed by atoms with Gasteiger partial charge in [-0.2, -0.15) is 0 Å². The smallest absolute Gasteiger partial charge is 0.313 e. The van der Waals surface area contributed by atoms with Crippen molar-refractivity contribution >= 4 is 12.2 Å². The summed E-state index contributed by atoms with van der Waals surface area (Å²) in [7, 11) is 0. The van der Waals surface area contributed by atoms with Crippen LogP contribution in [0.25, 0.3) is 0 Å². The molecule has 0 N–H and O–H groups in total. The maximum atomic E-state index is 11.1. The Morgan fingerprint density at radius 1 is 1.42 bits per heavy atom. The lowest BCUT2D eigenvalue weighted by molar-refractivity contribution is 0.0518. The van der Waals surface area contributed by atoms with Gasteiger partial charge in [0.1, 0.15) is 0 Å². The van der Waals surface area contributed by atoms with Crippen molar-refractivity contribution in [3.05, 3.63) is 35.9 Å². The second kappa shape index (κ2) is 4.28.